The number of fused-ring (bicyclic) bond motifs is 1. The lowest BCUT2D eigenvalue weighted by atomic mass is 9.94. The molecular formula is C27H27F4N5. The van der Waals surface area contributed by atoms with Crippen molar-refractivity contribution in [2.45, 2.75) is 44.8 Å². The Morgan fingerprint density at radius 2 is 1.78 bits per heavy atom. The molecule has 0 saturated carbocycles. The molecule has 36 heavy (non-hydrogen) atoms. The van der Waals surface area contributed by atoms with Crippen molar-refractivity contribution in [3.05, 3.63) is 77.5 Å². The van der Waals surface area contributed by atoms with Gasteiger partial charge in [0.15, 0.2) is 5.65 Å². The van der Waals surface area contributed by atoms with Gasteiger partial charge in [-0.3, -0.25) is 0 Å². The molecule has 5 rings (SSSR count). The van der Waals surface area contributed by atoms with E-state index in [0.717, 1.165) is 44.5 Å². The van der Waals surface area contributed by atoms with E-state index in [-0.39, 0.29) is 5.82 Å². The average Bonchev–Trinajstić information content (AvgIpc) is 3.25. The summed E-state index contributed by atoms with van der Waals surface area (Å²) in [5.41, 5.74) is 1.39. The van der Waals surface area contributed by atoms with Crippen LogP contribution in [0.15, 0.2) is 54.7 Å². The molecule has 0 bridgehead atoms. The molecule has 5 nitrogen and oxygen atoms in total. The van der Waals surface area contributed by atoms with Crippen LogP contribution in [0.5, 0.6) is 0 Å². The lowest BCUT2D eigenvalue weighted by molar-refractivity contribution is -0.137. The molecule has 1 saturated heterocycles. The molecule has 188 valence electrons. The molecule has 0 amide bonds. The van der Waals surface area contributed by atoms with Crippen molar-refractivity contribution in [1.82, 2.24) is 24.8 Å². The van der Waals surface area contributed by atoms with Crippen molar-refractivity contribution in [3.8, 4) is 11.4 Å². The summed E-state index contributed by atoms with van der Waals surface area (Å²) in [5, 5.41) is 3.36. The standard InChI is InChI=1S/C27H27F4N5/c28-22-7-2-1-4-19(22)8-9-24-33-17-23-26(35-24)36(15-12-18-10-13-32-14-11-18)25(34-23)20-5-3-6-21(16-20)27(29,30)31/h1-7,16-18,32H,8-15H2. The Bertz CT molecular complexity index is 1340. The highest BCUT2D eigenvalue weighted by molar-refractivity contribution is 5.76. The summed E-state index contributed by atoms with van der Waals surface area (Å²) in [6, 6.07) is 11.8. The third kappa shape index (κ3) is 5.41. The van der Waals surface area contributed by atoms with Crippen LogP contribution in [-0.4, -0.2) is 32.6 Å². The van der Waals surface area contributed by atoms with Gasteiger partial charge in [0.05, 0.1) is 11.8 Å². The molecule has 9 heteroatoms. The number of piperidine rings is 1. The quantitative estimate of drug-likeness (QED) is 0.327. The van der Waals surface area contributed by atoms with Crippen LogP contribution < -0.4 is 5.32 Å². The van der Waals surface area contributed by atoms with E-state index in [1.165, 1.54) is 12.1 Å². The van der Waals surface area contributed by atoms with Gasteiger partial charge in [-0.25, -0.2) is 19.3 Å². The fourth-order valence-corrected chi connectivity index (χ4v) is 4.77. The normalized spacial score (nSPS) is 15.0. The summed E-state index contributed by atoms with van der Waals surface area (Å²) in [5.74, 6) is 1.26. The Morgan fingerprint density at radius 3 is 2.56 bits per heavy atom. The van der Waals surface area contributed by atoms with E-state index in [1.54, 1.807) is 30.5 Å². The molecule has 1 N–H and O–H groups in total. The smallest absolute Gasteiger partial charge is 0.317 e. The third-order valence-electron chi connectivity index (χ3n) is 6.78. The van der Waals surface area contributed by atoms with Gasteiger partial charge in [-0.15, -0.1) is 0 Å². The fraction of sp³-hybridized carbons (Fsp3) is 0.370. The Balaban J connectivity index is 1.50. The number of hydrogen-bond donors (Lipinski definition) is 1. The molecule has 2 aromatic carbocycles. The van der Waals surface area contributed by atoms with Crippen molar-refractivity contribution >= 4 is 11.2 Å². The topological polar surface area (TPSA) is 55.6 Å². The van der Waals surface area contributed by atoms with E-state index >= 15 is 0 Å². The molecule has 1 aliphatic rings. The van der Waals surface area contributed by atoms with Crippen LogP contribution >= 0.6 is 0 Å². The number of halogens is 4. The maximum Gasteiger partial charge on any atom is 0.416 e. The summed E-state index contributed by atoms with van der Waals surface area (Å²) in [6.45, 7) is 2.53. The second kappa shape index (κ2) is 10.3. The van der Waals surface area contributed by atoms with Gasteiger partial charge < -0.3 is 9.88 Å². The molecule has 2 aromatic heterocycles. The van der Waals surface area contributed by atoms with Gasteiger partial charge in [-0.2, -0.15) is 13.2 Å². The summed E-state index contributed by atoms with van der Waals surface area (Å²) < 4.78 is 56.2. The number of aromatic nitrogens is 4. The molecule has 1 aliphatic heterocycles. The van der Waals surface area contributed by atoms with Crippen LogP contribution in [0.25, 0.3) is 22.6 Å². The van der Waals surface area contributed by atoms with E-state index in [1.807, 2.05) is 4.57 Å². The van der Waals surface area contributed by atoms with Crippen LogP contribution in [-0.2, 0) is 25.6 Å². The molecule has 0 spiro atoms. The van der Waals surface area contributed by atoms with Gasteiger partial charge >= 0.3 is 6.18 Å². The Hall–Kier alpha value is -3.33. The predicted molar refractivity (Wildman–Crippen MR) is 130 cm³/mol. The van der Waals surface area contributed by atoms with Crippen molar-refractivity contribution in [3.63, 3.8) is 0 Å². The zero-order chi connectivity index (χ0) is 25.1. The van der Waals surface area contributed by atoms with Crippen LogP contribution in [0.1, 0.15) is 36.2 Å². The van der Waals surface area contributed by atoms with Gasteiger partial charge in [-0.05, 0) is 68.5 Å². The van der Waals surface area contributed by atoms with Gasteiger partial charge in [0.2, 0.25) is 0 Å². The minimum Gasteiger partial charge on any atom is -0.317 e. The van der Waals surface area contributed by atoms with Crippen LogP contribution in [0.4, 0.5) is 17.6 Å². The highest BCUT2D eigenvalue weighted by atomic mass is 19.4. The molecule has 0 radical (unpaired) electrons. The van der Waals surface area contributed by atoms with Gasteiger partial charge in [0, 0.05) is 18.5 Å². The molecule has 0 atom stereocenters. The Labute approximate surface area is 206 Å². The van der Waals surface area contributed by atoms with Gasteiger partial charge in [-0.1, -0.05) is 30.3 Å². The van der Waals surface area contributed by atoms with E-state index in [9.17, 15) is 17.6 Å². The number of aryl methyl sites for hydroxylation is 3. The van der Waals surface area contributed by atoms with E-state index in [4.69, 9.17) is 4.98 Å². The summed E-state index contributed by atoms with van der Waals surface area (Å²) in [4.78, 5) is 13.8. The van der Waals surface area contributed by atoms with E-state index < -0.39 is 11.7 Å². The first kappa shape index (κ1) is 24.4. The molecule has 3 heterocycles. The van der Waals surface area contributed by atoms with E-state index in [2.05, 4.69) is 15.3 Å². The summed E-state index contributed by atoms with van der Waals surface area (Å²) in [7, 11) is 0. The Kier molecular flexibility index (Phi) is 7.00. The largest absolute Gasteiger partial charge is 0.416 e. The lowest BCUT2D eigenvalue weighted by Crippen LogP contribution is -2.28. The highest BCUT2D eigenvalue weighted by Crippen LogP contribution is 2.33. The van der Waals surface area contributed by atoms with Crippen molar-refractivity contribution in [1.29, 1.82) is 0 Å². The van der Waals surface area contributed by atoms with Crippen molar-refractivity contribution in [2.24, 2.45) is 5.92 Å². The van der Waals surface area contributed by atoms with Crippen LogP contribution in [0.3, 0.4) is 0 Å². The predicted octanol–water partition coefficient (Wildman–Crippen LogP) is 5.83. The maximum absolute atomic E-state index is 14.1. The molecule has 1 fully saturated rings. The SMILES string of the molecule is Fc1ccccc1CCc1ncc2nc(-c3cccc(C(F)(F)F)c3)n(CCC3CCNCC3)c2n1. The molecule has 4 aromatic rings. The zero-order valence-corrected chi connectivity index (χ0v) is 19.7. The number of alkyl halides is 3. The fourth-order valence-electron chi connectivity index (χ4n) is 4.77. The number of nitrogens with zero attached hydrogens (tertiary/aromatic N) is 4. The average molecular weight is 498 g/mol. The van der Waals surface area contributed by atoms with E-state index in [0.29, 0.717) is 59.2 Å². The van der Waals surface area contributed by atoms with Crippen molar-refractivity contribution < 1.29 is 17.6 Å². The van der Waals surface area contributed by atoms with Crippen molar-refractivity contribution in [2.75, 3.05) is 13.1 Å². The molecule has 0 aliphatic carbocycles. The summed E-state index contributed by atoms with van der Waals surface area (Å²) in [6.07, 6.45) is 1.06. The minimum absolute atomic E-state index is 0.266. The summed E-state index contributed by atoms with van der Waals surface area (Å²) >= 11 is 0. The number of rotatable bonds is 7. The number of imidazole rings is 1. The maximum atomic E-state index is 14.1. The first-order valence-corrected chi connectivity index (χ1v) is 12.2. The van der Waals surface area contributed by atoms with Crippen LogP contribution in [0, 0.1) is 11.7 Å². The first-order chi connectivity index (χ1) is 17.4. The highest BCUT2D eigenvalue weighted by Gasteiger charge is 2.31. The zero-order valence-electron chi connectivity index (χ0n) is 19.7. The van der Waals surface area contributed by atoms with Gasteiger partial charge in [0.25, 0.3) is 0 Å². The lowest BCUT2D eigenvalue weighted by Gasteiger charge is -2.23. The van der Waals surface area contributed by atoms with Gasteiger partial charge in [0.1, 0.15) is 23.0 Å². The Morgan fingerprint density at radius 1 is 0.972 bits per heavy atom. The first-order valence-electron chi connectivity index (χ1n) is 12.2. The third-order valence-corrected chi connectivity index (χ3v) is 6.78. The number of hydrogen-bond acceptors (Lipinski definition) is 4. The van der Waals surface area contributed by atoms with Crippen LogP contribution in [0.2, 0.25) is 0 Å². The second-order valence-electron chi connectivity index (χ2n) is 9.23. The minimum atomic E-state index is -4.44. The number of nitrogens with one attached hydrogen (secondary N) is 1. The molecule has 0 unspecified atom stereocenters. The number of benzene rings is 2. The second-order valence-corrected chi connectivity index (χ2v) is 9.23. The molecular weight excluding hydrogens is 470 g/mol. The monoisotopic (exact) mass is 497 g/mol.